The van der Waals surface area contributed by atoms with Crippen LogP contribution in [0.3, 0.4) is 0 Å². The van der Waals surface area contributed by atoms with Crippen molar-refractivity contribution in [2.75, 3.05) is 26.7 Å². The van der Waals surface area contributed by atoms with Crippen molar-refractivity contribution in [2.24, 2.45) is 0 Å². The van der Waals surface area contributed by atoms with Crippen LogP contribution in [0.25, 0.3) is 0 Å². The fraction of sp³-hybridized carbons (Fsp3) is 0.389. The molecule has 0 spiro atoms. The normalized spacial score (nSPS) is 17.2. The van der Waals surface area contributed by atoms with Crippen LogP contribution < -0.4 is 10.1 Å². The molecule has 1 aliphatic rings. The Bertz CT molecular complexity index is 648. The Kier molecular flexibility index (Phi) is 7.09. The van der Waals surface area contributed by atoms with Gasteiger partial charge < -0.3 is 15.0 Å². The van der Waals surface area contributed by atoms with Crippen molar-refractivity contribution < 1.29 is 9.53 Å². The zero-order valence-corrected chi connectivity index (χ0v) is 15.4. The maximum Gasteiger partial charge on any atom is 0.223 e. The maximum atomic E-state index is 12.7. The molecule has 0 saturated carbocycles. The van der Waals surface area contributed by atoms with Gasteiger partial charge in [-0.1, -0.05) is 24.3 Å². The molecule has 2 aromatic rings. The molecule has 1 atom stereocenters. The average Bonchev–Trinajstić information content (AvgIpc) is 3.13. The second-order valence-corrected chi connectivity index (χ2v) is 6.66. The molecule has 130 valence electrons. The summed E-state index contributed by atoms with van der Waals surface area (Å²) in [4.78, 5) is 16.0. The first-order valence-corrected chi connectivity index (χ1v) is 8.83. The molecule has 24 heavy (non-hydrogen) atoms. The van der Waals surface area contributed by atoms with E-state index in [0.717, 1.165) is 37.4 Å². The van der Waals surface area contributed by atoms with Crippen molar-refractivity contribution in [3.05, 3.63) is 52.2 Å². The van der Waals surface area contributed by atoms with E-state index in [1.54, 1.807) is 18.4 Å². The van der Waals surface area contributed by atoms with Crippen molar-refractivity contribution in [1.82, 2.24) is 10.2 Å². The number of thiophene rings is 1. The van der Waals surface area contributed by atoms with Gasteiger partial charge in [-0.25, -0.2) is 0 Å². The third-order valence-electron chi connectivity index (χ3n) is 4.23. The van der Waals surface area contributed by atoms with Crippen LogP contribution in [0.15, 0.2) is 41.8 Å². The molecule has 0 bridgehead atoms. The van der Waals surface area contributed by atoms with Gasteiger partial charge in [0.2, 0.25) is 5.91 Å². The van der Waals surface area contributed by atoms with Gasteiger partial charge in [-0.2, -0.15) is 0 Å². The maximum absolute atomic E-state index is 12.7. The lowest BCUT2D eigenvalue weighted by Crippen LogP contribution is -2.48. The number of amides is 1. The van der Waals surface area contributed by atoms with E-state index in [1.165, 1.54) is 4.88 Å². The first-order chi connectivity index (χ1) is 11.3. The second-order valence-electron chi connectivity index (χ2n) is 5.63. The van der Waals surface area contributed by atoms with Crippen LogP contribution in [0.1, 0.15) is 22.9 Å². The van der Waals surface area contributed by atoms with Crippen LogP contribution in [0, 0.1) is 0 Å². The molecule has 6 heteroatoms. The Morgan fingerprint density at radius 3 is 2.92 bits per heavy atom. The Balaban J connectivity index is 0.00000208. The van der Waals surface area contributed by atoms with Gasteiger partial charge >= 0.3 is 0 Å². The highest BCUT2D eigenvalue weighted by Gasteiger charge is 2.29. The zero-order chi connectivity index (χ0) is 16.1. The van der Waals surface area contributed by atoms with E-state index in [-0.39, 0.29) is 24.4 Å². The van der Waals surface area contributed by atoms with Crippen molar-refractivity contribution >= 4 is 29.7 Å². The van der Waals surface area contributed by atoms with Crippen LogP contribution in [0.5, 0.6) is 5.75 Å². The van der Waals surface area contributed by atoms with Gasteiger partial charge in [0, 0.05) is 36.5 Å². The molecular formula is C18H23ClN2O2S. The van der Waals surface area contributed by atoms with Crippen LogP contribution in [-0.2, 0) is 11.2 Å². The van der Waals surface area contributed by atoms with E-state index < -0.39 is 0 Å². The van der Waals surface area contributed by atoms with Crippen LogP contribution in [0.2, 0.25) is 0 Å². The summed E-state index contributed by atoms with van der Waals surface area (Å²) in [5.41, 5.74) is 1.08. The van der Waals surface area contributed by atoms with Crippen molar-refractivity contribution in [3.8, 4) is 5.75 Å². The molecule has 1 fully saturated rings. The molecule has 1 amide bonds. The molecule has 0 radical (unpaired) electrons. The van der Waals surface area contributed by atoms with Gasteiger partial charge in [-0.15, -0.1) is 23.7 Å². The molecule has 1 aromatic heterocycles. The van der Waals surface area contributed by atoms with Gasteiger partial charge in [0.05, 0.1) is 13.2 Å². The fourth-order valence-electron chi connectivity index (χ4n) is 3.05. The van der Waals surface area contributed by atoms with Gasteiger partial charge in [-0.3, -0.25) is 4.79 Å². The number of para-hydroxylation sites is 1. The Hall–Kier alpha value is -1.56. The smallest absolute Gasteiger partial charge is 0.223 e. The molecule has 0 aliphatic carbocycles. The van der Waals surface area contributed by atoms with Crippen molar-refractivity contribution in [2.45, 2.75) is 18.9 Å². The summed E-state index contributed by atoms with van der Waals surface area (Å²) in [7, 11) is 1.68. The minimum Gasteiger partial charge on any atom is -0.496 e. The van der Waals surface area contributed by atoms with Crippen LogP contribution >= 0.6 is 23.7 Å². The lowest BCUT2D eigenvalue weighted by Gasteiger charge is -2.37. The number of benzene rings is 1. The monoisotopic (exact) mass is 366 g/mol. The minimum atomic E-state index is 0. The molecular weight excluding hydrogens is 344 g/mol. The number of methoxy groups -OCH3 is 1. The zero-order valence-electron chi connectivity index (χ0n) is 13.7. The number of nitrogens with zero attached hydrogens (tertiary/aromatic N) is 1. The molecule has 2 heterocycles. The lowest BCUT2D eigenvalue weighted by atomic mass is 10.0. The predicted octanol–water partition coefficient (Wildman–Crippen LogP) is 3.28. The highest BCUT2D eigenvalue weighted by Crippen LogP contribution is 2.30. The van der Waals surface area contributed by atoms with Crippen molar-refractivity contribution in [1.29, 1.82) is 0 Å². The number of aryl methyl sites for hydroxylation is 1. The fourth-order valence-corrected chi connectivity index (χ4v) is 3.76. The standard InChI is InChI=1S/C18H22N2O2S.ClH/c1-22-17-7-3-2-6-15(17)16-13-19-10-11-20(16)18(21)9-8-14-5-4-12-23-14;/h2-7,12,16,19H,8-11,13H2,1H3;1H. The molecule has 4 nitrogen and oxygen atoms in total. The van der Waals surface area contributed by atoms with E-state index in [0.29, 0.717) is 6.42 Å². The number of ether oxygens (including phenoxy) is 1. The third kappa shape index (κ3) is 4.29. The highest BCUT2D eigenvalue weighted by molar-refractivity contribution is 7.09. The number of hydrogen-bond acceptors (Lipinski definition) is 4. The van der Waals surface area contributed by atoms with Gasteiger partial charge in [0.15, 0.2) is 0 Å². The van der Waals surface area contributed by atoms with E-state index in [1.807, 2.05) is 29.2 Å². The molecule has 1 saturated heterocycles. The SMILES string of the molecule is COc1ccccc1C1CNCCN1C(=O)CCc1cccs1.Cl. The summed E-state index contributed by atoms with van der Waals surface area (Å²) in [6, 6.07) is 12.1. The Labute approximate surface area is 153 Å². The average molecular weight is 367 g/mol. The largest absolute Gasteiger partial charge is 0.496 e. The molecule has 1 N–H and O–H groups in total. The summed E-state index contributed by atoms with van der Waals surface area (Å²) in [5, 5.41) is 5.45. The van der Waals surface area contributed by atoms with Crippen LogP contribution in [0.4, 0.5) is 0 Å². The summed E-state index contributed by atoms with van der Waals surface area (Å²) < 4.78 is 5.48. The quantitative estimate of drug-likeness (QED) is 0.882. The number of hydrogen-bond donors (Lipinski definition) is 1. The number of carbonyl (C=O) groups excluding carboxylic acids is 1. The minimum absolute atomic E-state index is 0. The number of rotatable bonds is 5. The van der Waals surface area contributed by atoms with E-state index >= 15 is 0 Å². The van der Waals surface area contributed by atoms with E-state index in [9.17, 15) is 4.79 Å². The van der Waals surface area contributed by atoms with Crippen LogP contribution in [-0.4, -0.2) is 37.6 Å². The third-order valence-corrected chi connectivity index (χ3v) is 5.16. The summed E-state index contributed by atoms with van der Waals surface area (Å²) in [6.45, 7) is 2.35. The molecule has 1 unspecified atom stereocenters. The highest BCUT2D eigenvalue weighted by atomic mass is 35.5. The summed E-state index contributed by atoms with van der Waals surface area (Å²) in [5.74, 6) is 1.06. The Morgan fingerprint density at radius 2 is 2.17 bits per heavy atom. The topological polar surface area (TPSA) is 41.6 Å². The van der Waals surface area contributed by atoms with Gasteiger partial charge in [-0.05, 0) is 23.9 Å². The van der Waals surface area contributed by atoms with E-state index in [4.69, 9.17) is 4.74 Å². The predicted molar refractivity (Wildman–Crippen MR) is 100 cm³/mol. The molecule has 1 aromatic carbocycles. The number of halogens is 1. The molecule has 1 aliphatic heterocycles. The number of carbonyl (C=O) groups is 1. The first-order valence-electron chi connectivity index (χ1n) is 7.95. The number of nitrogens with one attached hydrogen (secondary N) is 1. The van der Waals surface area contributed by atoms with Gasteiger partial charge in [0.25, 0.3) is 0 Å². The Morgan fingerprint density at radius 1 is 1.33 bits per heavy atom. The molecule has 3 rings (SSSR count). The van der Waals surface area contributed by atoms with Crippen molar-refractivity contribution in [3.63, 3.8) is 0 Å². The summed E-state index contributed by atoms with van der Waals surface area (Å²) in [6.07, 6.45) is 1.38. The second kappa shape index (κ2) is 9.06. The first kappa shape index (κ1) is 18.8. The van der Waals surface area contributed by atoms with E-state index in [2.05, 4.69) is 22.8 Å². The van der Waals surface area contributed by atoms with Gasteiger partial charge in [0.1, 0.15) is 5.75 Å². The number of piperazine rings is 1. The summed E-state index contributed by atoms with van der Waals surface area (Å²) >= 11 is 1.71. The lowest BCUT2D eigenvalue weighted by molar-refractivity contribution is -0.134.